The molecule has 2 aliphatic rings. The van der Waals surface area contributed by atoms with Crippen LogP contribution < -0.4 is 0 Å². The highest BCUT2D eigenvalue weighted by molar-refractivity contribution is 4.97. The van der Waals surface area contributed by atoms with E-state index in [-0.39, 0.29) is 2.85 Å². The molecule has 0 aromatic rings. The third kappa shape index (κ3) is 0.877. The van der Waals surface area contributed by atoms with Gasteiger partial charge in [-0.1, -0.05) is 0 Å². The molecule has 0 N–H and O–H groups in total. The second-order valence-electron chi connectivity index (χ2n) is 3.80. The molecule has 2 rings (SSSR count). The zero-order valence-corrected chi connectivity index (χ0v) is 6.30. The van der Waals surface area contributed by atoms with Crippen LogP contribution in [0, 0.1) is 11.8 Å². The summed E-state index contributed by atoms with van der Waals surface area (Å²) in [5, 5.41) is 0. The first-order valence-corrected chi connectivity index (χ1v) is 4.01. The van der Waals surface area contributed by atoms with Gasteiger partial charge in [0.15, 0.2) is 0 Å². The predicted molar refractivity (Wildman–Crippen MR) is 42.5 cm³/mol. The van der Waals surface area contributed by atoms with E-state index >= 15 is 0 Å². The lowest BCUT2D eigenvalue weighted by Gasteiger charge is -2.21. The lowest BCUT2D eigenvalue weighted by molar-refractivity contribution is 0.248. The van der Waals surface area contributed by atoms with E-state index < -0.39 is 0 Å². The summed E-state index contributed by atoms with van der Waals surface area (Å²) in [6.45, 7) is 7.38. The molecule has 1 saturated heterocycles. The minimum Gasteiger partial charge on any atom is -0.300 e. The van der Waals surface area contributed by atoms with Gasteiger partial charge in [0.1, 0.15) is 0 Å². The van der Waals surface area contributed by atoms with Gasteiger partial charge in [0.05, 0.1) is 0 Å². The van der Waals surface area contributed by atoms with Gasteiger partial charge in [-0.2, -0.15) is 0 Å². The second kappa shape index (κ2) is 1.72. The van der Waals surface area contributed by atoms with Crippen molar-refractivity contribution in [1.82, 2.24) is 4.90 Å². The van der Waals surface area contributed by atoms with Crippen LogP contribution in [0.1, 0.15) is 23.1 Å². The molecule has 1 nitrogen and oxygen atoms in total. The zero-order chi connectivity index (χ0) is 6.43. The first kappa shape index (κ1) is 5.72. The molecule has 2 unspecified atom stereocenters. The Morgan fingerprint density at radius 3 is 2.22 bits per heavy atom. The van der Waals surface area contributed by atoms with Crippen LogP contribution in [-0.2, 0) is 0 Å². The quantitative estimate of drug-likeness (QED) is 0.522. The van der Waals surface area contributed by atoms with Gasteiger partial charge in [0.2, 0.25) is 0 Å². The van der Waals surface area contributed by atoms with Crippen molar-refractivity contribution in [3.63, 3.8) is 0 Å². The van der Waals surface area contributed by atoms with Gasteiger partial charge in [-0.15, -0.1) is 0 Å². The maximum absolute atomic E-state index is 2.60. The summed E-state index contributed by atoms with van der Waals surface area (Å²) in [7, 11) is 0. The largest absolute Gasteiger partial charge is 0.300 e. The number of hydrogen-bond donors (Lipinski definition) is 0. The standard InChI is InChI=1S/C8H15N.2H2/c1-6(2)9-4-7-3-8(7)5-9;;/h6-8H,3-5H2,1-2H3;2*1H. The maximum atomic E-state index is 2.60. The van der Waals surface area contributed by atoms with Crippen molar-refractivity contribution in [2.75, 3.05) is 13.1 Å². The number of rotatable bonds is 1. The first-order chi connectivity index (χ1) is 4.27. The van der Waals surface area contributed by atoms with Gasteiger partial charge in [-0.25, -0.2) is 0 Å². The summed E-state index contributed by atoms with van der Waals surface area (Å²) in [5.74, 6) is 2.21. The average Bonchev–Trinajstić information content (AvgIpc) is 2.40. The molecule has 1 heterocycles. The summed E-state index contributed by atoms with van der Waals surface area (Å²) in [4.78, 5) is 2.60. The van der Waals surface area contributed by atoms with Gasteiger partial charge >= 0.3 is 0 Å². The summed E-state index contributed by atoms with van der Waals surface area (Å²) < 4.78 is 0. The summed E-state index contributed by atoms with van der Waals surface area (Å²) in [5.41, 5.74) is 0. The molecule has 0 aromatic heterocycles. The molecule has 0 radical (unpaired) electrons. The molecule has 0 spiro atoms. The number of fused-ring (bicyclic) bond motifs is 1. The lowest BCUT2D eigenvalue weighted by atomic mass is 10.3. The molecule has 1 aliphatic carbocycles. The summed E-state index contributed by atoms with van der Waals surface area (Å²) in [6, 6.07) is 0.790. The minimum absolute atomic E-state index is 0. The first-order valence-electron chi connectivity index (χ1n) is 4.01. The van der Waals surface area contributed by atoms with E-state index in [2.05, 4.69) is 18.7 Å². The van der Waals surface area contributed by atoms with Crippen LogP contribution in [0.4, 0.5) is 0 Å². The minimum atomic E-state index is 0. The van der Waals surface area contributed by atoms with Gasteiger partial charge in [0, 0.05) is 22.0 Å². The monoisotopic (exact) mass is 129 g/mol. The predicted octanol–water partition coefficient (Wildman–Crippen LogP) is 1.84. The highest BCUT2D eigenvalue weighted by atomic mass is 15.2. The normalized spacial score (nSPS) is 41.7. The van der Waals surface area contributed by atoms with Crippen molar-refractivity contribution < 1.29 is 2.85 Å². The van der Waals surface area contributed by atoms with Crippen LogP contribution >= 0.6 is 0 Å². The van der Waals surface area contributed by atoms with E-state index in [0.717, 1.165) is 17.9 Å². The van der Waals surface area contributed by atoms with E-state index in [4.69, 9.17) is 0 Å². The smallest absolute Gasteiger partial charge is 0.00388 e. The molecule has 1 aliphatic heterocycles. The van der Waals surface area contributed by atoms with Crippen LogP contribution in [0.2, 0.25) is 0 Å². The van der Waals surface area contributed by atoms with Gasteiger partial charge < -0.3 is 4.90 Å². The molecule has 0 bridgehead atoms. The third-order valence-electron chi connectivity index (χ3n) is 2.74. The summed E-state index contributed by atoms with van der Waals surface area (Å²) in [6.07, 6.45) is 1.53. The third-order valence-corrected chi connectivity index (χ3v) is 2.74. The fourth-order valence-corrected chi connectivity index (χ4v) is 1.86. The Bertz CT molecular complexity index is 117. The van der Waals surface area contributed by atoms with Gasteiger partial charge in [-0.3, -0.25) is 0 Å². The topological polar surface area (TPSA) is 3.24 Å². The van der Waals surface area contributed by atoms with Crippen LogP contribution in [-0.4, -0.2) is 24.0 Å². The highest BCUT2D eigenvalue weighted by Crippen LogP contribution is 2.45. The molecule has 0 amide bonds. The second-order valence-corrected chi connectivity index (χ2v) is 3.80. The van der Waals surface area contributed by atoms with E-state index in [1.165, 1.54) is 19.5 Å². The van der Waals surface area contributed by atoms with E-state index in [1.54, 1.807) is 0 Å². The molecule has 1 saturated carbocycles. The number of likely N-dealkylation sites (tertiary alicyclic amines) is 1. The van der Waals surface area contributed by atoms with Crippen LogP contribution in [0.15, 0.2) is 0 Å². The van der Waals surface area contributed by atoms with Crippen molar-refractivity contribution in [3.8, 4) is 0 Å². The van der Waals surface area contributed by atoms with Crippen molar-refractivity contribution >= 4 is 0 Å². The molecule has 9 heavy (non-hydrogen) atoms. The Morgan fingerprint density at radius 2 is 1.89 bits per heavy atom. The van der Waals surface area contributed by atoms with E-state index in [9.17, 15) is 0 Å². The molecule has 56 valence electrons. The SMILES string of the molecule is CC(C)N1CC2CC2C1.[HH].[HH]. The zero-order valence-electron chi connectivity index (χ0n) is 6.30. The van der Waals surface area contributed by atoms with E-state index in [1.807, 2.05) is 0 Å². The highest BCUT2D eigenvalue weighted by Gasteiger charge is 2.45. The van der Waals surface area contributed by atoms with Crippen molar-refractivity contribution in [2.24, 2.45) is 11.8 Å². The Hall–Kier alpha value is -0.0400. The molecule has 1 heteroatoms. The Morgan fingerprint density at radius 1 is 1.33 bits per heavy atom. The van der Waals surface area contributed by atoms with Crippen LogP contribution in [0.25, 0.3) is 0 Å². The van der Waals surface area contributed by atoms with Gasteiger partial charge in [0.25, 0.3) is 0 Å². The van der Waals surface area contributed by atoms with Crippen LogP contribution in [0.3, 0.4) is 0 Å². The molecule has 2 fully saturated rings. The van der Waals surface area contributed by atoms with Gasteiger partial charge in [-0.05, 0) is 32.1 Å². The maximum Gasteiger partial charge on any atom is 0.00388 e. The number of hydrogen-bond acceptors (Lipinski definition) is 1. The number of piperidine rings is 1. The molecule has 0 aromatic carbocycles. The van der Waals surface area contributed by atoms with Crippen molar-refractivity contribution in [2.45, 2.75) is 26.3 Å². The molecule has 2 atom stereocenters. The van der Waals surface area contributed by atoms with Crippen LogP contribution in [0.5, 0.6) is 0 Å². The molecular formula is C8H19N. The fraction of sp³-hybridized carbons (Fsp3) is 1.00. The average molecular weight is 129 g/mol. The number of nitrogens with zero attached hydrogens (tertiary/aromatic N) is 1. The molecular weight excluding hydrogens is 110 g/mol. The van der Waals surface area contributed by atoms with E-state index in [0.29, 0.717) is 0 Å². The lowest BCUT2D eigenvalue weighted by Crippen LogP contribution is -2.29. The van der Waals surface area contributed by atoms with Crippen molar-refractivity contribution in [1.29, 1.82) is 0 Å². The Kier molecular flexibility index (Phi) is 1.10. The fourth-order valence-electron chi connectivity index (χ4n) is 1.86. The summed E-state index contributed by atoms with van der Waals surface area (Å²) >= 11 is 0. The Labute approximate surface area is 60.0 Å². The Balaban J connectivity index is 0.000000500. The van der Waals surface area contributed by atoms with Crippen molar-refractivity contribution in [3.05, 3.63) is 0 Å².